The van der Waals surface area contributed by atoms with Crippen LogP contribution in [0, 0.1) is 0 Å². The number of halogens is 5. The Morgan fingerprint density at radius 1 is 0.921 bits per heavy atom. The molecule has 2 amide bonds. The number of carbonyl (C=O) groups is 3. The van der Waals surface area contributed by atoms with Crippen LogP contribution in [0.2, 0.25) is 5.02 Å². The fourth-order valence-electron chi connectivity index (χ4n) is 4.12. The number of imide groups is 1. The van der Waals surface area contributed by atoms with Gasteiger partial charge in [-0.2, -0.15) is 0 Å². The number of esters is 1. The Labute approximate surface area is 218 Å². The van der Waals surface area contributed by atoms with Gasteiger partial charge in [-0.05, 0) is 42.1 Å². The van der Waals surface area contributed by atoms with Crippen molar-refractivity contribution in [2.45, 2.75) is 26.2 Å². The van der Waals surface area contributed by atoms with Crippen LogP contribution in [0.3, 0.4) is 0 Å². The van der Waals surface area contributed by atoms with E-state index in [2.05, 4.69) is 0 Å². The molecular weight excluding hydrogens is 534 g/mol. The second kappa shape index (κ2) is 11.3. The standard InChI is InChI=1S/C26H20ClF4NO6/c1-2-36-21(33)9-13-6-7-16(15(27)8-13)32-25(34)23-18(38-12-20(30)31)10-14-4-3-5-17(37-11-19(28)29)22(14)24(23)26(32)35/h3-8,10,19-20H,2,9,11-12H2,1H3. The maximum atomic E-state index is 13.7. The van der Waals surface area contributed by atoms with Gasteiger partial charge in [-0.15, -0.1) is 0 Å². The molecule has 3 aromatic carbocycles. The second-order valence-corrected chi connectivity index (χ2v) is 8.50. The molecule has 12 heteroatoms. The summed E-state index contributed by atoms with van der Waals surface area (Å²) in [7, 11) is 0. The molecule has 0 saturated heterocycles. The van der Waals surface area contributed by atoms with Gasteiger partial charge in [-0.3, -0.25) is 14.4 Å². The lowest BCUT2D eigenvalue weighted by atomic mass is 9.98. The molecule has 0 spiro atoms. The fourth-order valence-corrected chi connectivity index (χ4v) is 4.41. The van der Waals surface area contributed by atoms with Gasteiger partial charge in [0.15, 0.2) is 0 Å². The van der Waals surface area contributed by atoms with Gasteiger partial charge in [-0.25, -0.2) is 22.5 Å². The molecule has 0 saturated carbocycles. The van der Waals surface area contributed by atoms with E-state index in [0.717, 1.165) is 4.90 Å². The number of amides is 2. The Morgan fingerprint density at radius 3 is 2.21 bits per heavy atom. The fraction of sp³-hybridized carbons (Fsp3) is 0.269. The maximum absolute atomic E-state index is 13.7. The van der Waals surface area contributed by atoms with Gasteiger partial charge in [0.05, 0.1) is 34.9 Å². The van der Waals surface area contributed by atoms with Gasteiger partial charge >= 0.3 is 5.97 Å². The van der Waals surface area contributed by atoms with Crippen molar-refractivity contribution in [2.75, 3.05) is 24.7 Å². The predicted molar refractivity (Wildman–Crippen MR) is 130 cm³/mol. The molecule has 1 aliphatic rings. The average molecular weight is 554 g/mol. The van der Waals surface area contributed by atoms with E-state index in [0.29, 0.717) is 5.56 Å². The Hall–Kier alpha value is -3.86. The lowest BCUT2D eigenvalue weighted by Gasteiger charge is -2.16. The number of anilines is 1. The highest BCUT2D eigenvalue weighted by molar-refractivity contribution is 6.42. The molecule has 0 radical (unpaired) electrons. The van der Waals surface area contributed by atoms with Crippen LogP contribution in [0.5, 0.6) is 11.5 Å². The Bertz CT molecular complexity index is 1410. The van der Waals surface area contributed by atoms with Crippen molar-refractivity contribution in [3.8, 4) is 11.5 Å². The predicted octanol–water partition coefficient (Wildman–Crippen LogP) is 5.69. The van der Waals surface area contributed by atoms with Crippen LogP contribution in [0.1, 0.15) is 33.2 Å². The maximum Gasteiger partial charge on any atom is 0.310 e. The molecule has 4 rings (SSSR count). The Morgan fingerprint density at radius 2 is 1.58 bits per heavy atom. The van der Waals surface area contributed by atoms with Crippen molar-refractivity contribution in [1.82, 2.24) is 0 Å². The van der Waals surface area contributed by atoms with Crippen molar-refractivity contribution in [3.63, 3.8) is 0 Å². The van der Waals surface area contributed by atoms with Gasteiger partial charge in [0, 0.05) is 5.39 Å². The Balaban J connectivity index is 1.83. The monoisotopic (exact) mass is 553 g/mol. The van der Waals surface area contributed by atoms with Gasteiger partial charge < -0.3 is 14.2 Å². The highest BCUT2D eigenvalue weighted by Crippen LogP contribution is 2.44. The number of alkyl halides is 4. The summed E-state index contributed by atoms with van der Waals surface area (Å²) in [5.41, 5.74) is -0.163. The summed E-state index contributed by atoms with van der Waals surface area (Å²) in [6, 6.07) is 9.80. The molecule has 0 aliphatic carbocycles. The highest BCUT2D eigenvalue weighted by atomic mass is 35.5. The first-order valence-corrected chi connectivity index (χ1v) is 11.7. The second-order valence-electron chi connectivity index (χ2n) is 8.10. The minimum Gasteiger partial charge on any atom is -0.487 e. The molecule has 0 N–H and O–H groups in total. The zero-order chi connectivity index (χ0) is 27.6. The number of nitrogens with zero attached hydrogens (tertiary/aromatic N) is 1. The summed E-state index contributed by atoms with van der Waals surface area (Å²) >= 11 is 6.38. The minimum atomic E-state index is -2.87. The number of carbonyl (C=O) groups excluding carboxylic acids is 3. The van der Waals surface area contributed by atoms with E-state index in [1.165, 1.54) is 42.5 Å². The number of hydrogen-bond acceptors (Lipinski definition) is 6. The van der Waals surface area contributed by atoms with E-state index in [4.69, 9.17) is 25.8 Å². The molecule has 7 nitrogen and oxygen atoms in total. The zero-order valence-electron chi connectivity index (χ0n) is 19.8. The van der Waals surface area contributed by atoms with E-state index < -0.39 is 43.8 Å². The largest absolute Gasteiger partial charge is 0.487 e. The summed E-state index contributed by atoms with van der Waals surface area (Å²) in [6.45, 7) is -0.183. The molecule has 200 valence electrons. The van der Waals surface area contributed by atoms with Crippen molar-refractivity contribution in [2.24, 2.45) is 0 Å². The van der Waals surface area contributed by atoms with E-state index in [-0.39, 0.29) is 57.1 Å². The SMILES string of the molecule is CCOC(=O)Cc1ccc(N2C(=O)c3c(OCC(F)F)cc4cccc(OCC(F)F)c4c3C2=O)c(Cl)c1. The molecule has 0 aromatic heterocycles. The first-order valence-electron chi connectivity index (χ1n) is 11.4. The number of hydrogen-bond donors (Lipinski definition) is 0. The Kier molecular flexibility index (Phi) is 8.05. The van der Waals surface area contributed by atoms with Crippen molar-refractivity contribution in [3.05, 3.63) is 64.2 Å². The van der Waals surface area contributed by atoms with Crippen LogP contribution >= 0.6 is 11.6 Å². The smallest absolute Gasteiger partial charge is 0.310 e. The molecule has 0 atom stereocenters. The topological polar surface area (TPSA) is 82.1 Å². The third kappa shape index (κ3) is 5.38. The molecule has 0 bridgehead atoms. The first-order chi connectivity index (χ1) is 18.1. The van der Waals surface area contributed by atoms with E-state index >= 15 is 0 Å². The molecule has 0 fully saturated rings. The molecule has 0 unspecified atom stereocenters. The van der Waals surface area contributed by atoms with Crippen LogP contribution in [-0.4, -0.2) is 50.5 Å². The van der Waals surface area contributed by atoms with Crippen LogP contribution in [0.25, 0.3) is 10.8 Å². The lowest BCUT2D eigenvalue weighted by molar-refractivity contribution is -0.142. The molecule has 3 aromatic rings. The summed E-state index contributed by atoms with van der Waals surface area (Å²) < 4.78 is 66.9. The van der Waals surface area contributed by atoms with Crippen molar-refractivity contribution in [1.29, 1.82) is 0 Å². The van der Waals surface area contributed by atoms with Crippen LogP contribution < -0.4 is 14.4 Å². The first kappa shape index (κ1) is 27.2. The molecule has 1 heterocycles. The lowest BCUT2D eigenvalue weighted by Crippen LogP contribution is -2.29. The van der Waals surface area contributed by atoms with Crippen molar-refractivity contribution < 1.29 is 46.2 Å². The van der Waals surface area contributed by atoms with Gasteiger partial charge in [-0.1, -0.05) is 29.8 Å². The minimum absolute atomic E-state index is 0.0376. The van der Waals surface area contributed by atoms with Gasteiger partial charge in [0.2, 0.25) is 0 Å². The zero-order valence-corrected chi connectivity index (χ0v) is 20.6. The van der Waals surface area contributed by atoms with E-state index in [9.17, 15) is 31.9 Å². The van der Waals surface area contributed by atoms with Gasteiger partial charge in [0.25, 0.3) is 24.7 Å². The summed E-state index contributed by atoms with van der Waals surface area (Å²) in [4.78, 5) is 39.7. The van der Waals surface area contributed by atoms with E-state index in [1.54, 1.807) is 6.92 Å². The number of fused-ring (bicyclic) bond motifs is 3. The molecule has 1 aliphatic heterocycles. The van der Waals surface area contributed by atoms with E-state index in [1.807, 2.05) is 0 Å². The quantitative estimate of drug-likeness (QED) is 0.182. The van der Waals surface area contributed by atoms with Crippen LogP contribution in [0.15, 0.2) is 42.5 Å². The average Bonchev–Trinajstić information content (AvgIpc) is 3.11. The normalized spacial score (nSPS) is 13.0. The number of rotatable bonds is 10. The van der Waals surface area contributed by atoms with Crippen LogP contribution in [0.4, 0.5) is 23.2 Å². The summed E-state index contributed by atoms with van der Waals surface area (Å²) in [5, 5.41) is 0.247. The third-order valence-electron chi connectivity index (χ3n) is 5.56. The third-order valence-corrected chi connectivity index (χ3v) is 5.86. The van der Waals surface area contributed by atoms with Crippen molar-refractivity contribution >= 4 is 45.8 Å². The van der Waals surface area contributed by atoms with Crippen LogP contribution in [-0.2, 0) is 16.0 Å². The number of ether oxygens (including phenoxy) is 3. The molecule has 38 heavy (non-hydrogen) atoms. The number of benzene rings is 3. The highest BCUT2D eigenvalue weighted by Gasteiger charge is 2.42. The summed E-state index contributed by atoms with van der Waals surface area (Å²) in [6.07, 6.45) is -5.78. The molecular formula is C26H20ClF4NO6. The summed E-state index contributed by atoms with van der Waals surface area (Å²) in [5.74, 6) is -2.68. The van der Waals surface area contributed by atoms with Gasteiger partial charge in [0.1, 0.15) is 24.7 Å².